The SMILES string of the molecule is COCCNCC1(C(C)CCOC)CCCC1. The van der Waals surface area contributed by atoms with Gasteiger partial charge in [0.1, 0.15) is 0 Å². The first-order chi connectivity index (χ1) is 8.25. The van der Waals surface area contributed by atoms with E-state index < -0.39 is 0 Å². The van der Waals surface area contributed by atoms with Gasteiger partial charge in [-0.3, -0.25) is 0 Å². The monoisotopic (exact) mass is 243 g/mol. The van der Waals surface area contributed by atoms with Gasteiger partial charge in [-0.25, -0.2) is 0 Å². The van der Waals surface area contributed by atoms with Crippen LogP contribution in [0.1, 0.15) is 39.0 Å². The average Bonchev–Trinajstić information content (AvgIpc) is 2.82. The van der Waals surface area contributed by atoms with Crippen LogP contribution in [0.15, 0.2) is 0 Å². The van der Waals surface area contributed by atoms with Crippen LogP contribution >= 0.6 is 0 Å². The van der Waals surface area contributed by atoms with Crippen molar-refractivity contribution in [2.45, 2.75) is 39.0 Å². The number of hydrogen-bond acceptors (Lipinski definition) is 3. The van der Waals surface area contributed by atoms with Crippen molar-refractivity contribution in [1.29, 1.82) is 0 Å². The molecule has 0 saturated heterocycles. The lowest BCUT2D eigenvalue weighted by atomic mass is 9.73. The molecule has 1 aliphatic rings. The topological polar surface area (TPSA) is 30.5 Å². The number of rotatable bonds is 9. The third-order valence-corrected chi connectivity index (χ3v) is 4.36. The second-order valence-electron chi connectivity index (χ2n) is 5.42. The van der Waals surface area contributed by atoms with E-state index in [9.17, 15) is 0 Å². The Labute approximate surface area is 106 Å². The molecule has 0 amide bonds. The fourth-order valence-electron chi connectivity index (χ4n) is 3.04. The molecule has 1 rings (SSSR count). The van der Waals surface area contributed by atoms with Crippen LogP contribution in [0.4, 0.5) is 0 Å². The third kappa shape index (κ3) is 4.57. The van der Waals surface area contributed by atoms with E-state index in [2.05, 4.69) is 12.2 Å². The average molecular weight is 243 g/mol. The van der Waals surface area contributed by atoms with Crippen molar-refractivity contribution in [3.8, 4) is 0 Å². The van der Waals surface area contributed by atoms with E-state index in [1.807, 2.05) is 0 Å². The van der Waals surface area contributed by atoms with E-state index in [0.717, 1.165) is 32.2 Å². The second-order valence-corrected chi connectivity index (χ2v) is 5.42. The molecule has 0 heterocycles. The number of nitrogens with one attached hydrogen (secondary N) is 1. The Bertz CT molecular complexity index is 191. The van der Waals surface area contributed by atoms with Crippen molar-refractivity contribution in [2.24, 2.45) is 11.3 Å². The van der Waals surface area contributed by atoms with Crippen molar-refractivity contribution >= 4 is 0 Å². The zero-order chi connectivity index (χ0) is 12.6. The van der Waals surface area contributed by atoms with Gasteiger partial charge in [0, 0.05) is 33.9 Å². The summed E-state index contributed by atoms with van der Waals surface area (Å²) >= 11 is 0. The quantitative estimate of drug-likeness (QED) is 0.631. The molecule has 0 aliphatic heterocycles. The van der Waals surface area contributed by atoms with E-state index in [-0.39, 0.29) is 0 Å². The first kappa shape index (κ1) is 14.9. The van der Waals surface area contributed by atoms with Crippen LogP contribution in [0.3, 0.4) is 0 Å². The van der Waals surface area contributed by atoms with Crippen LogP contribution in [-0.2, 0) is 9.47 Å². The van der Waals surface area contributed by atoms with Crippen molar-refractivity contribution in [3.05, 3.63) is 0 Å². The normalized spacial score (nSPS) is 20.6. The maximum atomic E-state index is 5.22. The molecule has 3 nitrogen and oxygen atoms in total. The zero-order valence-corrected chi connectivity index (χ0v) is 11.8. The molecule has 0 spiro atoms. The lowest BCUT2D eigenvalue weighted by Crippen LogP contribution is -2.39. The van der Waals surface area contributed by atoms with Gasteiger partial charge in [0.25, 0.3) is 0 Å². The summed E-state index contributed by atoms with van der Waals surface area (Å²) in [6.07, 6.45) is 6.71. The Morgan fingerprint density at radius 1 is 1.12 bits per heavy atom. The largest absolute Gasteiger partial charge is 0.385 e. The second kappa shape index (κ2) is 8.06. The van der Waals surface area contributed by atoms with Gasteiger partial charge < -0.3 is 14.8 Å². The fourth-order valence-corrected chi connectivity index (χ4v) is 3.04. The molecule has 0 aromatic carbocycles. The summed E-state index contributed by atoms with van der Waals surface area (Å²) in [6, 6.07) is 0. The minimum Gasteiger partial charge on any atom is -0.385 e. The fraction of sp³-hybridized carbons (Fsp3) is 1.00. The molecule has 1 atom stereocenters. The molecule has 1 saturated carbocycles. The van der Waals surface area contributed by atoms with Crippen molar-refractivity contribution in [1.82, 2.24) is 5.32 Å². The predicted octanol–water partition coefficient (Wildman–Crippen LogP) is 2.46. The Hall–Kier alpha value is -0.120. The van der Waals surface area contributed by atoms with E-state index in [1.165, 1.54) is 32.1 Å². The third-order valence-electron chi connectivity index (χ3n) is 4.36. The van der Waals surface area contributed by atoms with E-state index >= 15 is 0 Å². The number of ether oxygens (including phenoxy) is 2. The van der Waals surface area contributed by atoms with Gasteiger partial charge in [-0.05, 0) is 30.6 Å². The van der Waals surface area contributed by atoms with Crippen LogP contribution in [-0.4, -0.2) is 40.5 Å². The summed E-state index contributed by atoms with van der Waals surface area (Å²) in [5.74, 6) is 0.750. The van der Waals surface area contributed by atoms with Crippen molar-refractivity contribution in [2.75, 3.05) is 40.5 Å². The minimum absolute atomic E-state index is 0.506. The molecule has 17 heavy (non-hydrogen) atoms. The highest BCUT2D eigenvalue weighted by molar-refractivity contribution is 4.90. The van der Waals surface area contributed by atoms with Crippen LogP contribution in [0, 0.1) is 11.3 Å². The Morgan fingerprint density at radius 2 is 1.76 bits per heavy atom. The zero-order valence-electron chi connectivity index (χ0n) is 11.8. The molecule has 0 bridgehead atoms. The van der Waals surface area contributed by atoms with Crippen LogP contribution in [0.2, 0.25) is 0 Å². The predicted molar refractivity (Wildman–Crippen MR) is 71.3 cm³/mol. The molecular formula is C14H29NO2. The van der Waals surface area contributed by atoms with E-state index in [4.69, 9.17) is 9.47 Å². The lowest BCUT2D eigenvalue weighted by Gasteiger charge is -2.36. The van der Waals surface area contributed by atoms with Gasteiger partial charge in [-0.2, -0.15) is 0 Å². The van der Waals surface area contributed by atoms with E-state index in [1.54, 1.807) is 14.2 Å². The molecule has 0 aromatic heterocycles. The molecule has 1 unspecified atom stereocenters. The smallest absolute Gasteiger partial charge is 0.0587 e. The highest BCUT2D eigenvalue weighted by Gasteiger charge is 2.38. The van der Waals surface area contributed by atoms with Gasteiger partial charge in [-0.1, -0.05) is 19.8 Å². The van der Waals surface area contributed by atoms with Gasteiger partial charge >= 0.3 is 0 Å². The minimum atomic E-state index is 0.506. The molecule has 0 radical (unpaired) electrons. The van der Waals surface area contributed by atoms with Crippen LogP contribution in [0.25, 0.3) is 0 Å². The summed E-state index contributed by atoms with van der Waals surface area (Å²) in [5.41, 5.74) is 0.506. The Kier molecular flexibility index (Phi) is 7.09. The van der Waals surface area contributed by atoms with Crippen molar-refractivity contribution < 1.29 is 9.47 Å². The summed E-state index contributed by atoms with van der Waals surface area (Å²) in [5, 5.41) is 3.56. The lowest BCUT2D eigenvalue weighted by molar-refractivity contribution is 0.111. The van der Waals surface area contributed by atoms with Gasteiger partial charge in [0.2, 0.25) is 0 Å². The van der Waals surface area contributed by atoms with Gasteiger partial charge in [0.15, 0.2) is 0 Å². The highest BCUT2D eigenvalue weighted by atomic mass is 16.5. The van der Waals surface area contributed by atoms with Crippen LogP contribution < -0.4 is 5.32 Å². The van der Waals surface area contributed by atoms with Crippen LogP contribution in [0.5, 0.6) is 0 Å². The van der Waals surface area contributed by atoms with E-state index in [0.29, 0.717) is 5.41 Å². The Balaban J connectivity index is 2.38. The van der Waals surface area contributed by atoms with Gasteiger partial charge in [-0.15, -0.1) is 0 Å². The summed E-state index contributed by atoms with van der Waals surface area (Å²) < 4.78 is 10.3. The summed E-state index contributed by atoms with van der Waals surface area (Å²) in [7, 11) is 3.55. The number of hydrogen-bond donors (Lipinski definition) is 1. The standard InChI is InChI=1S/C14H29NO2/c1-13(6-10-16-2)14(7-4-5-8-14)12-15-9-11-17-3/h13,15H,4-12H2,1-3H3. The molecule has 102 valence electrons. The highest BCUT2D eigenvalue weighted by Crippen LogP contribution is 2.45. The molecule has 1 aliphatic carbocycles. The maximum absolute atomic E-state index is 5.22. The molecular weight excluding hydrogens is 214 g/mol. The first-order valence-corrected chi connectivity index (χ1v) is 6.94. The molecule has 0 aromatic rings. The summed E-state index contributed by atoms with van der Waals surface area (Å²) in [4.78, 5) is 0. The van der Waals surface area contributed by atoms with Crippen molar-refractivity contribution in [3.63, 3.8) is 0 Å². The molecule has 1 N–H and O–H groups in total. The number of methoxy groups -OCH3 is 2. The maximum Gasteiger partial charge on any atom is 0.0587 e. The molecule has 3 heteroatoms. The molecule has 1 fully saturated rings. The first-order valence-electron chi connectivity index (χ1n) is 6.94. The Morgan fingerprint density at radius 3 is 2.35 bits per heavy atom. The summed E-state index contributed by atoms with van der Waals surface area (Å²) in [6.45, 7) is 6.20. The van der Waals surface area contributed by atoms with Gasteiger partial charge in [0.05, 0.1) is 6.61 Å².